The normalized spacial score (nSPS) is 44.4. The first kappa shape index (κ1) is 13.5. The Kier molecular flexibility index (Phi) is 3.97. The number of ether oxygens (including phenoxy) is 1. The van der Waals surface area contributed by atoms with Gasteiger partial charge in [-0.15, -0.1) is 0 Å². The lowest BCUT2D eigenvalue weighted by molar-refractivity contribution is -0.297. The fourth-order valence-electron chi connectivity index (χ4n) is 1.59. The number of Topliss-reactive ketones (excluding diaryl/α,β-unsaturated/α-hetero) is 1. The van der Waals surface area contributed by atoms with Crippen molar-refractivity contribution >= 4 is 5.78 Å². The molecule has 16 heavy (non-hydrogen) atoms. The van der Waals surface area contributed by atoms with Gasteiger partial charge in [0.15, 0.2) is 0 Å². The highest BCUT2D eigenvalue weighted by molar-refractivity contribution is 5.88. The van der Waals surface area contributed by atoms with Crippen LogP contribution in [0, 0.1) is 0 Å². The summed E-state index contributed by atoms with van der Waals surface area (Å²) >= 11 is 0. The van der Waals surface area contributed by atoms with E-state index >= 15 is 0 Å². The summed E-state index contributed by atoms with van der Waals surface area (Å²) in [5, 5.41) is 37.6. The molecule has 1 aliphatic rings. The van der Waals surface area contributed by atoms with Crippen molar-refractivity contribution in [3.63, 3.8) is 0 Å². The second-order valence-electron chi connectivity index (χ2n) is 3.67. The minimum atomic E-state index is -2.49. The van der Waals surface area contributed by atoms with Crippen LogP contribution in [0.3, 0.4) is 0 Å². The average molecular weight is 236 g/mol. The second-order valence-corrected chi connectivity index (χ2v) is 3.67. The van der Waals surface area contributed by atoms with E-state index < -0.39 is 49.1 Å². The van der Waals surface area contributed by atoms with E-state index in [0.29, 0.717) is 0 Å². The Morgan fingerprint density at radius 1 is 1.38 bits per heavy atom. The molecule has 0 aromatic carbocycles. The van der Waals surface area contributed by atoms with Gasteiger partial charge in [-0.2, -0.15) is 0 Å². The molecular weight excluding hydrogens is 220 g/mol. The van der Waals surface area contributed by atoms with Crippen LogP contribution < -0.4 is 11.5 Å². The first-order valence-corrected chi connectivity index (χ1v) is 4.74. The van der Waals surface area contributed by atoms with Crippen molar-refractivity contribution in [3.8, 4) is 0 Å². The number of hydrogen-bond donors (Lipinski definition) is 6. The average Bonchev–Trinajstić information content (AvgIpc) is 2.30. The van der Waals surface area contributed by atoms with Crippen molar-refractivity contribution in [1.82, 2.24) is 0 Å². The highest BCUT2D eigenvalue weighted by atomic mass is 16.7. The maximum Gasteiger partial charge on any atom is 0.246 e. The van der Waals surface area contributed by atoms with Crippen LogP contribution in [0.4, 0.5) is 0 Å². The summed E-state index contributed by atoms with van der Waals surface area (Å²) < 4.78 is 4.81. The van der Waals surface area contributed by atoms with Gasteiger partial charge >= 0.3 is 0 Å². The SMILES string of the molecule is NCC(=O)C1(O)O[C@H](CO)[C@@H](O)[C@H](O)[C@H]1N. The van der Waals surface area contributed by atoms with E-state index in [4.69, 9.17) is 21.3 Å². The number of rotatable bonds is 3. The molecule has 1 heterocycles. The largest absolute Gasteiger partial charge is 0.394 e. The number of carbonyl (C=O) groups excluding carboxylic acids is 1. The van der Waals surface area contributed by atoms with E-state index in [1.807, 2.05) is 0 Å². The summed E-state index contributed by atoms with van der Waals surface area (Å²) in [5.41, 5.74) is 10.5. The highest BCUT2D eigenvalue weighted by Crippen LogP contribution is 2.27. The third kappa shape index (κ3) is 1.96. The van der Waals surface area contributed by atoms with E-state index in [0.717, 1.165) is 0 Å². The van der Waals surface area contributed by atoms with Gasteiger partial charge in [0.25, 0.3) is 0 Å². The lowest BCUT2D eigenvalue weighted by Crippen LogP contribution is -2.71. The maximum absolute atomic E-state index is 11.4. The number of aliphatic hydroxyl groups excluding tert-OH is 3. The number of aliphatic hydroxyl groups is 4. The summed E-state index contributed by atoms with van der Waals surface area (Å²) in [4.78, 5) is 11.4. The minimum Gasteiger partial charge on any atom is -0.394 e. The Morgan fingerprint density at radius 2 is 1.94 bits per heavy atom. The molecule has 0 spiro atoms. The van der Waals surface area contributed by atoms with Crippen molar-refractivity contribution in [1.29, 1.82) is 0 Å². The molecule has 0 amide bonds. The van der Waals surface area contributed by atoms with Gasteiger partial charge in [0.1, 0.15) is 18.3 Å². The number of hydrogen-bond acceptors (Lipinski definition) is 8. The van der Waals surface area contributed by atoms with Crippen LogP contribution >= 0.6 is 0 Å². The van der Waals surface area contributed by atoms with Crippen LogP contribution in [0.15, 0.2) is 0 Å². The Hall–Kier alpha value is -0.610. The van der Waals surface area contributed by atoms with Gasteiger partial charge in [-0.3, -0.25) is 4.79 Å². The van der Waals surface area contributed by atoms with E-state index in [2.05, 4.69) is 0 Å². The minimum absolute atomic E-state index is 0.537. The molecule has 5 atom stereocenters. The van der Waals surface area contributed by atoms with Crippen LogP contribution in [0.5, 0.6) is 0 Å². The molecule has 0 radical (unpaired) electrons. The van der Waals surface area contributed by atoms with E-state index in [1.54, 1.807) is 0 Å². The van der Waals surface area contributed by atoms with Gasteiger partial charge in [-0.25, -0.2) is 0 Å². The first-order chi connectivity index (χ1) is 7.38. The van der Waals surface area contributed by atoms with Crippen molar-refractivity contribution in [2.75, 3.05) is 13.2 Å². The number of carbonyl (C=O) groups is 1. The van der Waals surface area contributed by atoms with Crippen LogP contribution in [-0.2, 0) is 9.53 Å². The van der Waals surface area contributed by atoms with Gasteiger partial charge in [0.2, 0.25) is 11.6 Å². The Bertz CT molecular complexity index is 273. The molecular formula is C8H16N2O6. The van der Waals surface area contributed by atoms with E-state index in [-0.39, 0.29) is 0 Å². The Morgan fingerprint density at radius 3 is 2.38 bits per heavy atom. The molecule has 0 bridgehead atoms. The molecule has 1 fully saturated rings. The standard InChI is InChI=1S/C8H16N2O6/c9-1-4(12)8(15)7(10)6(14)5(13)3(2-11)16-8/h3,5-7,11,13-15H,1-2,9-10H2/t3-,5-,6+,7-,8?/m1/s1. The Balaban J connectivity index is 2.98. The van der Waals surface area contributed by atoms with E-state index in [1.165, 1.54) is 0 Å². The smallest absolute Gasteiger partial charge is 0.246 e. The molecule has 8 heteroatoms. The molecule has 94 valence electrons. The quantitative estimate of drug-likeness (QED) is 0.286. The zero-order valence-corrected chi connectivity index (χ0v) is 8.48. The van der Waals surface area contributed by atoms with Crippen LogP contribution in [0.2, 0.25) is 0 Å². The zero-order valence-electron chi connectivity index (χ0n) is 8.48. The molecule has 1 aliphatic heterocycles. The summed E-state index contributed by atoms with van der Waals surface area (Å²) in [5.74, 6) is -3.41. The molecule has 0 saturated carbocycles. The van der Waals surface area contributed by atoms with Crippen molar-refractivity contribution in [3.05, 3.63) is 0 Å². The summed E-state index contributed by atoms with van der Waals surface area (Å²) in [6.45, 7) is -1.21. The van der Waals surface area contributed by atoms with Crippen molar-refractivity contribution in [2.24, 2.45) is 11.5 Å². The molecule has 8 nitrogen and oxygen atoms in total. The first-order valence-electron chi connectivity index (χ1n) is 4.74. The molecule has 1 unspecified atom stereocenters. The fraction of sp³-hybridized carbons (Fsp3) is 0.875. The summed E-state index contributed by atoms with van der Waals surface area (Å²) in [6.07, 6.45) is -4.37. The van der Waals surface area contributed by atoms with Gasteiger partial charge in [-0.05, 0) is 0 Å². The van der Waals surface area contributed by atoms with Gasteiger partial charge < -0.3 is 36.6 Å². The van der Waals surface area contributed by atoms with Crippen molar-refractivity contribution in [2.45, 2.75) is 30.1 Å². The molecule has 0 aromatic rings. The zero-order chi connectivity index (χ0) is 12.5. The molecule has 0 aliphatic carbocycles. The monoisotopic (exact) mass is 236 g/mol. The van der Waals surface area contributed by atoms with Gasteiger partial charge in [0.05, 0.1) is 19.2 Å². The summed E-state index contributed by atoms with van der Waals surface area (Å²) in [6, 6.07) is -1.53. The summed E-state index contributed by atoms with van der Waals surface area (Å²) in [7, 11) is 0. The third-order valence-electron chi connectivity index (χ3n) is 2.65. The van der Waals surface area contributed by atoms with E-state index in [9.17, 15) is 20.1 Å². The highest BCUT2D eigenvalue weighted by Gasteiger charge is 2.55. The lowest BCUT2D eigenvalue weighted by Gasteiger charge is -2.44. The number of nitrogens with two attached hydrogens (primary N) is 2. The van der Waals surface area contributed by atoms with Crippen molar-refractivity contribution < 1.29 is 30.0 Å². The lowest BCUT2D eigenvalue weighted by atomic mass is 9.88. The number of ketones is 1. The molecule has 8 N–H and O–H groups in total. The Labute approximate surface area is 91.4 Å². The van der Waals surface area contributed by atoms with Crippen LogP contribution in [-0.4, -0.2) is 69.5 Å². The molecule has 1 saturated heterocycles. The van der Waals surface area contributed by atoms with Gasteiger partial charge in [0, 0.05) is 0 Å². The third-order valence-corrected chi connectivity index (χ3v) is 2.65. The predicted octanol–water partition coefficient (Wildman–Crippen LogP) is -4.36. The topological polar surface area (TPSA) is 159 Å². The second kappa shape index (κ2) is 4.72. The van der Waals surface area contributed by atoms with Crippen LogP contribution in [0.1, 0.15) is 0 Å². The predicted molar refractivity (Wildman–Crippen MR) is 51.0 cm³/mol. The van der Waals surface area contributed by atoms with Gasteiger partial charge in [-0.1, -0.05) is 0 Å². The maximum atomic E-state index is 11.4. The van der Waals surface area contributed by atoms with Crippen LogP contribution in [0.25, 0.3) is 0 Å². The fourth-order valence-corrected chi connectivity index (χ4v) is 1.59. The molecule has 1 rings (SSSR count). The molecule has 0 aromatic heterocycles.